The van der Waals surface area contributed by atoms with Crippen LogP contribution in [0, 0.1) is 15.5 Å². The summed E-state index contributed by atoms with van der Waals surface area (Å²) in [6, 6.07) is 20.2. The molecule has 318 valence electrons. The lowest BCUT2D eigenvalue weighted by Crippen LogP contribution is -2.42. The van der Waals surface area contributed by atoms with Gasteiger partial charge in [0.15, 0.2) is 6.23 Å². The second-order valence-electron chi connectivity index (χ2n) is 16.4. The molecule has 0 saturated carbocycles. The van der Waals surface area contributed by atoms with Crippen molar-refractivity contribution in [3.63, 3.8) is 0 Å². The first kappa shape index (κ1) is 42.1. The van der Waals surface area contributed by atoms with Gasteiger partial charge in [-0.2, -0.15) is 0 Å². The van der Waals surface area contributed by atoms with Crippen molar-refractivity contribution in [1.29, 1.82) is 0 Å². The molecule has 4 heterocycles. The summed E-state index contributed by atoms with van der Waals surface area (Å²) in [5.74, 6) is -0.517. The molecule has 1 unspecified atom stereocenters. The number of nitrogens with zero attached hydrogens (tertiary/aromatic N) is 4. The number of sulfonamides is 1. The van der Waals surface area contributed by atoms with Crippen molar-refractivity contribution in [2.75, 3.05) is 51.4 Å². The minimum absolute atomic E-state index is 0.0540. The fourth-order valence-electron chi connectivity index (χ4n) is 8.15. The van der Waals surface area contributed by atoms with E-state index < -0.39 is 37.7 Å². The summed E-state index contributed by atoms with van der Waals surface area (Å²) < 4.78 is 46.9. The van der Waals surface area contributed by atoms with Crippen molar-refractivity contribution in [3.05, 3.63) is 129 Å². The first-order valence-corrected chi connectivity index (χ1v) is 22.0. The number of allylic oxidation sites excluding steroid dienone is 1. The Bertz CT molecular complexity index is 2650. The summed E-state index contributed by atoms with van der Waals surface area (Å²) in [6.07, 6.45) is 8.77. The average molecular weight is 867 g/mol. The lowest BCUT2D eigenvalue weighted by molar-refractivity contribution is -0.384. The predicted molar refractivity (Wildman–Crippen MR) is 234 cm³/mol. The number of ether oxygens (including phenoxy) is 3. The SMILES string of the molecule is CN(c1ccc(S(=O)(=O)NC(=O)c2ccc(C3=CCN(CC4=C(c5ccc(Cl)cc5)CC(C)(C)CC4)CC3)cc2Oc2cnc3[nH]ccc3c2)cc1[N+](=O)[O-])C1COCCO1. The van der Waals surface area contributed by atoms with Gasteiger partial charge in [0.1, 0.15) is 22.8 Å². The molecule has 1 amide bonds. The number of hydrogen-bond donors (Lipinski definition) is 2. The average Bonchev–Trinajstić information content (AvgIpc) is 3.72. The largest absolute Gasteiger partial charge is 0.455 e. The van der Waals surface area contributed by atoms with Crippen LogP contribution in [0.2, 0.25) is 5.02 Å². The van der Waals surface area contributed by atoms with Gasteiger partial charge in [-0.15, -0.1) is 0 Å². The number of hydrogen-bond acceptors (Lipinski definition) is 11. The number of halogens is 1. The molecule has 0 spiro atoms. The molecule has 8 rings (SSSR count). The second kappa shape index (κ2) is 17.4. The molecule has 2 aromatic heterocycles. The third-order valence-corrected chi connectivity index (χ3v) is 13.2. The summed E-state index contributed by atoms with van der Waals surface area (Å²) in [6.45, 7) is 7.96. The molecule has 61 heavy (non-hydrogen) atoms. The van der Waals surface area contributed by atoms with Crippen molar-refractivity contribution >= 4 is 61.1 Å². The van der Waals surface area contributed by atoms with Crippen molar-refractivity contribution in [1.82, 2.24) is 19.6 Å². The molecule has 16 heteroatoms. The monoisotopic (exact) mass is 866 g/mol. The molecule has 3 aliphatic rings. The summed E-state index contributed by atoms with van der Waals surface area (Å²) in [4.78, 5) is 36.4. The van der Waals surface area contributed by atoms with Gasteiger partial charge in [-0.05, 0) is 102 Å². The number of nitro groups is 1. The van der Waals surface area contributed by atoms with E-state index >= 15 is 0 Å². The molecule has 0 bridgehead atoms. The number of H-pyrrole nitrogens is 1. The standard InChI is InChI=1S/C45H47ClN6O8S/c1-45(2)16-12-33(38(25-45)30-4-7-34(46)8-5-30)27-51-18-14-29(15-19-51)31-6-10-37(41(23-31)60-35-22-32-13-17-47-43(32)48-26-35)44(53)49-61(56,57)36-9-11-39(40(24-36)52(54)55)50(3)42-28-58-20-21-59-42/h4-11,13-14,17,22-24,26,42H,12,15-16,18-21,25,27-28H2,1-3H3,(H,47,48)(H,49,53). The third-order valence-electron chi connectivity index (χ3n) is 11.6. The van der Waals surface area contributed by atoms with Crippen LogP contribution in [0.4, 0.5) is 11.4 Å². The lowest BCUT2D eigenvalue weighted by Gasteiger charge is -2.36. The first-order chi connectivity index (χ1) is 29.2. The zero-order valence-electron chi connectivity index (χ0n) is 34.1. The summed E-state index contributed by atoms with van der Waals surface area (Å²) in [5, 5.41) is 13.7. The Morgan fingerprint density at radius 3 is 2.62 bits per heavy atom. The van der Waals surface area contributed by atoms with E-state index in [0.29, 0.717) is 24.6 Å². The Balaban J connectivity index is 1.05. The highest BCUT2D eigenvalue weighted by Crippen LogP contribution is 2.44. The van der Waals surface area contributed by atoms with E-state index in [1.807, 2.05) is 18.2 Å². The Hall–Kier alpha value is -5.58. The Morgan fingerprint density at radius 1 is 1.08 bits per heavy atom. The van der Waals surface area contributed by atoms with Crippen LogP contribution in [0.1, 0.15) is 61.0 Å². The minimum atomic E-state index is -4.60. The quantitative estimate of drug-likeness (QED) is 0.0910. The van der Waals surface area contributed by atoms with Gasteiger partial charge in [0.05, 0.1) is 41.4 Å². The molecule has 1 atom stereocenters. The number of carbonyl (C=O) groups is 1. The van der Waals surface area contributed by atoms with Gasteiger partial charge >= 0.3 is 0 Å². The number of fused-ring (bicyclic) bond motifs is 1. The number of likely N-dealkylation sites (N-methyl/N-ethyl adjacent to an activating group) is 1. The summed E-state index contributed by atoms with van der Waals surface area (Å²) in [7, 11) is -3.00. The number of nitrogens with one attached hydrogen (secondary N) is 2. The third kappa shape index (κ3) is 9.51. The van der Waals surface area contributed by atoms with Crippen LogP contribution in [0.3, 0.4) is 0 Å². The molecule has 14 nitrogen and oxygen atoms in total. The number of carbonyl (C=O) groups excluding carboxylic acids is 1. The van der Waals surface area contributed by atoms with Gasteiger partial charge in [-0.3, -0.25) is 19.8 Å². The van der Waals surface area contributed by atoms with Gasteiger partial charge in [0, 0.05) is 49.4 Å². The smallest absolute Gasteiger partial charge is 0.293 e. The van der Waals surface area contributed by atoms with E-state index in [2.05, 4.69) is 51.6 Å². The fraction of sp³-hybridized carbons (Fsp3) is 0.333. The number of aromatic nitrogens is 2. The van der Waals surface area contributed by atoms with Crippen LogP contribution in [-0.4, -0.2) is 86.8 Å². The van der Waals surface area contributed by atoms with E-state index in [4.69, 9.17) is 25.8 Å². The second-order valence-corrected chi connectivity index (χ2v) is 18.5. The van der Waals surface area contributed by atoms with E-state index in [0.717, 1.165) is 72.9 Å². The van der Waals surface area contributed by atoms with Gasteiger partial charge < -0.3 is 24.1 Å². The summed E-state index contributed by atoms with van der Waals surface area (Å²) in [5.41, 5.74) is 6.43. The number of pyridine rings is 1. The van der Waals surface area contributed by atoms with Crippen LogP contribution in [0.5, 0.6) is 11.5 Å². The number of nitro benzene ring substituents is 1. The lowest BCUT2D eigenvalue weighted by atomic mass is 9.72. The van der Waals surface area contributed by atoms with Crippen LogP contribution < -0.4 is 14.4 Å². The highest BCUT2D eigenvalue weighted by Gasteiger charge is 2.31. The Labute approximate surface area is 359 Å². The number of benzene rings is 3. The summed E-state index contributed by atoms with van der Waals surface area (Å²) >= 11 is 6.24. The molecule has 1 saturated heterocycles. The van der Waals surface area contributed by atoms with E-state index in [1.165, 1.54) is 46.0 Å². The molecular weight excluding hydrogens is 820 g/mol. The number of rotatable bonds is 12. The molecule has 1 fully saturated rings. The van der Waals surface area contributed by atoms with Crippen LogP contribution in [0.25, 0.3) is 22.2 Å². The van der Waals surface area contributed by atoms with Gasteiger partial charge in [0.2, 0.25) is 0 Å². The highest BCUT2D eigenvalue weighted by molar-refractivity contribution is 7.90. The van der Waals surface area contributed by atoms with Crippen LogP contribution in [0.15, 0.2) is 102 Å². The molecule has 5 aromatic rings. The molecule has 1 aliphatic carbocycles. The molecule has 2 N–H and O–H groups in total. The fourth-order valence-corrected chi connectivity index (χ4v) is 9.26. The van der Waals surface area contributed by atoms with Gasteiger partial charge in [-0.1, -0.05) is 55.3 Å². The van der Waals surface area contributed by atoms with Gasteiger partial charge in [0.25, 0.3) is 21.6 Å². The molecule has 0 radical (unpaired) electrons. The minimum Gasteiger partial charge on any atom is -0.455 e. The van der Waals surface area contributed by atoms with E-state index in [1.54, 1.807) is 31.4 Å². The van der Waals surface area contributed by atoms with Crippen LogP contribution >= 0.6 is 11.6 Å². The zero-order chi connectivity index (χ0) is 42.9. The van der Waals surface area contributed by atoms with Gasteiger partial charge in [-0.25, -0.2) is 18.1 Å². The van der Waals surface area contributed by atoms with Crippen molar-refractivity contribution < 1.29 is 32.3 Å². The zero-order valence-corrected chi connectivity index (χ0v) is 35.7. The van der Waals surface area contributed by atoms with E-state index in [-0.39, 0.29) is 29.0 Å². The number of anilines is 1. The Morgan fingerprint density at radius 2 is 1.89 bits per heavy atom. The Kier molecular flexibility index (Phi) is 12.0. The normalized spacial score (nSPS) is 18.4. The molecular formula is C45H47ClN6O8S. The number of aromatic amines is 1. The van der Waals surface area contributed by atoms with Crippen molar-refractivity contribution in [2.45, 2.75) is 50.7 Å². The molecule has 2 aliphatic heterocycles. The first-order valence-electron chi connectivity index (χ1n) is 20.1. The maximum absolute atomic E-state index is 13.9. The van der Waals surface area contributed by atoms with Crippen LogP contribution in [-0.2, 0) is 19.5 Å². The highest BCUT2D eigenvalue weighted by atomic mass is 35.5. The topological polar surface area (TPSA) is 169 Å². The van der Waals surface area contributed by atoms with Crippen molar-refractivity contribution in [2.24, 2.45) is 5.41 Å². The van der Waals surface area contributed by atoms with Crippen molar-refractivity contribution in [3.8, 4) is 11.5 Å². The van der Waals surface area contributed by atoms with E-state index in [9.17, 15) is 23.3 Å². The maximum Gasteiger partial charge on any atom is 0.293 e. The molecule has 3 aromatic carbocycles. The predicted octanol–water partition coefficient (Wildman–Crippen LogP) is 8.60. The number of amides is 1. The maximum atomic E-state index is 13.9.